The molecule has 0 atom stereocenters. The summed E-state index contributed by atoms with van der Waals surface area (Å²) in [5, 5.41) is 7.67. The fourth-order valence-corrected chi connectivity index (χ4v) is 4.42. The molecule has 3 rings (SSSR count). The van der Waals surface area contributed by atoms with Crippen molar-refractivity contribution in [1.29, 1.82) is 0 Å². The first kappa shape index (κ1) is 25.0. The highest BCUT2D eigenvalue weighted by molar-refractivity contribution is 5.94. The topological polar surface area (TPSA) is 76.5 Å². The van der Waals surface area contributed by atoms with Crippen molar-refractivity contribution in [3.05, 3.63) is 46.8 Å². The second-order valence-corrected chi connectivity index (χ2v) is 9.17. The first-order chi connectivity index (χ1) is 15.9. The van der Waals surface area contributed by atoms with Crippen molar-refractivity contribution in [2.45, 2.75) is 59.3 Å². The monoisotopic (exact) mass is 454 g/mol. The summed E-state index contributed by atoms with van der Waals surface area (Å²) < 4.78 is 6.61. The molecule has 0 radical (unpaired) electrons. The number of nitrogens with one attached hydrogen (secondary N) is 1. The summed E-state index contributed by atoms with van der Waals surface area (Å²) in [5.74, 6) is 0.598. The molecule has 1 aliphatic heterocycles. The molecule has 2 heterocycles. The lowest BCUT2D eigenvalue weighted by atomic mass is 9.99. The number of unbranched alkanes of at least 4 members (excludes halogenated alkanes) is 1. The van der Waals surface area contributed by atoms with Gasteiger partial charge in [-0.05, 0) is 101 Å². The zero-order valence-corrected chi connectivity index (χ0v) is 20.5. The molecule has 33 heavy (non-hydrogen) atoms. The number of methoxy groups -OCH3 is 1. The maximum atomic E-state index is 12.5. The molecule has 1 aromatic heterocycles. The van der Waals surface area contributed by atoms with Gasteiger partial charge in [-0.3, -0.25) is 9.59 Å². The number of amides is 1. The Morgan fingerprint density at radius 1 is 1.12 bits per heavy atom. The third kappa shape index (κ3) is 6.90. The summed E-state index contributed by atoms with van der Waals surface area (Å²) in [6.07, 6.45) is 5.65. The largest absolute Gasteiger partial charge is 0.469 e. The Balaban J connectivity index is 1.47. The van der Waals surface area contributed by atoms with Crippen LogP contribution >= 0.6 is 0 Å². The highest BCUT2D eigenvalue weighted by Crippen LogP contribution is 2.20. The van der Waals surface area contributed by atoms with E-state index in [0.717, 1.165) is 47.9 Å². The summed E-state index contributed by atoms with van der Waals surface area (Å²) in [6, 6.07) is 7.50. The lowest BCUT2D eigenvalue weighted by Crippen LogP contribution is -2.34. The summed E-state index contributed by atoms with van der Waals surface area (Å²) in [7, 11) is 1.40. The van der Waals surface area contributed by atoms with Crippen molar-refractivity contribution >= 4 is 11.9 Å². The van der Waals surface area contributed by atoms with E-state index in [1.807, 2.05) is 42.8 Å². The Kier molecular flexibility index (Phi) is 9.06. The van der Waals surface area contributed by atoms with E-state index in [2.05, 4.69) is 22.2 Å². The second-order valence-electron chi connectivity index (χ2n) is 9.17. The average molecular weight is 455 g/mol. The molecule has 2 aromatic rings. The quantitative estimate of drug-likeness (QED) is 0.436. The number of nitrogens with zero attached hydrogens (tertiary/aromatic N) is 3. The van der Waals surface area contributed by atoms with E-state index in [1.54, 1.807) is 0 Å². The van der Waals surface area contributed by atoms with Crippen molar-refractivity contribution in [2.24, 2.45) is 5.92 Å². The van der Waals surface area contributed by atoms with Gasteiger partial charge in [-0.1, -0.05) is 6.92 Å². The fraction of sp³-hybridized carbons (Fsp3) is 0.577. The van der Waals surface area contributed by atoms with Crippen molar-refractivity contribution in [3.8, 4) is 5.69 Å². The van der Waals surface area contributed by atoms with Gasteiger partial charge < -0.3 is 15.0 Å². The number of rotatable bonds is 10. The number of ether oxygens (including phenoxy) is 1. The van der Waals surface area contributed by atoms with Crippen LogP contribution in [0, 0.1) is 19.8 Å². The number of aromatic nitrogens is 2. The Labute approximate surface area is 197 Å². The Morgan fingerprint density at radius 3 is 2.48 bits per heavy atom. The molecular formula is C26H38N4O3. The van der Waals surface area contributed by atoms with Crippen LogP contribution in [0.5, 0.6) is 0 Å². The molecule has 180 valence electrons. The van der Waals surface area contributed by atoms with Gasteiger partial charge in [0.25, 0.3) is 5.91 Å². The van der Waals surface area contributed by atoms with Gasteiger partial charge in [-0.2, -0.15) is 5.10 Å². The molecular weight excluding hydrogens is 416 g/mol. The summed E-state index contributed by atoms with van der Waals surface area (Å²) >= 11 is 0. The number of carbonyl (C=O) groups excluding carboxylic acids is 2. The molecule has 7 nitrogen and oxygen atoms in total. The molecule has 1 amide bonds. The highest BCUT2D eigenvalue weighted by Gasteiger charge is 2.16. The summed E-state index contributed by atoms with van der Waals surface area (Å²) in [6.45, 7) is 10.5. The van der Waals surface area contributed by atoms with E-state index in [0.29, 0.717) is 24.9 Å². The van der Waals surface area contributed by atoms with Crippen LogP contribution < -0.4 is 5.32 Å². The second kappa shape index (κ2) is 12.0. The van der Waals surface area contributed by atoms with Gasteiger partial charge >= 0.3 is 5.97 Å². The highest BCUT2D eigenvalue weighted by atomic mass is 16.5. The molecule has 0 unspecified atom stereocenters. The summed E-state index contributed by atoms with van der Waals surface area (Å²) in [4.78, 5) is 26.5. The fourth-order valence-electron chi connectivity index (χ4n) is 4.42. The molecule has 1 saturated heterocycles. The first-order valence-corrected chi connectivity index (χ1v) is 12.1. The number of piperidine rings is 1. The number of likely N-dealkylation sites (tertiary alicyclic amines) is 1. The lowest BCUT2D eigenvalue weighted by Gasteiger charge is -2.30. The third-order valence-electron chi connectivity index (χ3n) is 6.68. The molecule has 0 bridgehead atoms. The number of hydrogen-bond acceptors (Lipinski definition) is 5. The Hall–Kier alpha value is -2.67. The van der Waals surface area contributed by atoms with E-state index in [-0.39, 0.29) is 11.9 Å². The van der Waals surface area contributed by atoms with Gasteiger partial charge in [0, 0.05) is 24.2 Å². The van der Waals surface area contributed by atoms with Crippen LogP contribution in [0.4, 0.5) is 0 Å². The molecule has 0 saturated carbocycles. The first-order valence-electron chi connectivity index (χ1n) is 12.1. The van der Waals surface area contributed by atoms with E-state index < -0.39 is 0 Å². The number of esters is 1. The normalized spacial score (nSPS) is 14.9. The number of hydrogen-bond donors (Lipinski definition) is 1. The predicted octanol–water partition coefficient (Wildman–Crippen LogP) is 3.84. The zero-order valence-electron chi connectivity index (χ0n) is 20.5. The van der Waals surface area contributed by atoms with Crippen LogP contribution in [0.15, 0.2) is 24.3 Å². The maximum absolute atomic E-state index is 12.5. The molecule has 1 aliphatic rings. The van der Waals surface area contributed by atoms with Gasteiger partial charge in [0.2, 0.25) is 0 Å². The van der Waals surface area contributed by atoms with Crippen molar-refractivity contribution in [2.75, 3.05) is 33.3 Å². The van der Waals surface area contributed by atoms with E-state index in [9.17, 15) is 9.59 Å². The van der Waals surface area contributed by atoms with Crippen molar-refractivity contribution in [1.82, 2.24) is 20.0 Å². The maximum Gasteiger partial charge on any atom is 0.305 e. The third-order valence-corrected chi connectivity index (χ3v) is 6.68. The van der Waals surface area contributed by atoms with Gasteiger partial charge in [0.05, 0.1) is 18.5 Å². The van der Waals surface area contributed by atoms with Gasteiger partial charge in [0.1, 0.15) is 0 Å². The van der Waals surface area contributed by atoms with E-state index in [1.165, 1.54) is 33.0 Å². The minimum atomic E-state index is -0.224. The molecule has 0 aliphatic carbocycles. The smallest absolute Gasteiger partial charge is 0.305 e. The number of benzene rings is 1. The van der Waals surface area contributed by atoms with Crippen LogP contribution in [-0.2, 0) is 16.0 Å². The van der Waals surface area contributed by atoms with Crippen LogP contribution in [-0.4, -0.2) is 59.8 Å². The summed E-state index contributed by atoms with van der Waals surface area (Å²) in [5.41, 5.74) is 4.50. The van der Waals surface area contributed by atoms with Crippen LogP contribution in [0.3, 0.4) is 0 Å². The number of aryl methyl sites for hydroxylation is 1. The SMILES string of the molecule is COC(=O)CCc1c(C)nn(-c2ccc(C(=O)NCCCCN3CCC(C)CC3)cc2)c1C. The van der Waals surface area contributed by atoms with Gasteiger partial charge in [-0.15, -0.1) is 0 Å². The Morgan fingerprint density at radius 2 is 1.82 bits per heavy atom. The van der Waals surface area contributed by atoms with Gasteiger partial charge in [0.15, 0.2) is 0 Å². The minimum absolute atomic E-state index is 0.0412. The number of carbonyl (C=O) groups is 2. The van der Waals surface area contributed by atoms with E-state index >= 15 is 0 Å². The minimum Gasteiger partial charge on any atom is -0.469 e. The average Bonchev–Trinajstić information content (AvgIpc) is 3.11. The Bertz CT molecular complexity index is 928. The van der Waals surface area contributed by atoms with Crippen LogP contribution in [0.25, 0.3) is 5.69 Å². The molecule has 1 fully saturated rings. The zero-order chi connectivity index (χ0) is 23.8. The molecule has 0 spiro atoms. The molecule has 1 aromatic carbocycles. The molecule has 7 heteroatoms. The van der Waals surface area contributed by atoms with Crippen molar-refractivity contribution in [3.63, 3.8) is 0 Å². The van der Waals surface area contributed by atoms with E-state index in [4.69, 9.17) is 4.74 Å². The molecule has 1 N–H and O–H groups in total. The standard InChI is InChI=1S/C26H38N4O3/c1-19-13-17-29(18-14-19)16-6-5-15-27-26(32)22-7-9-23(10-8-22)30-21(3)24(20(2)28-30)11-12-25(31)33-4/h7-10,19H,5-6,11-18H2,1-4H3,(H,27,32). The van der Waals surface area contributed by atoms with Crippen LogP contribution in [0.1, 0.15) is 66.3 Å². The lowest BCUT2D eigenvalue weighted by molar-refractivity contribution is -0.140. The predicted molar refractivity (Wildman–Crippen MR) is 130 cm³/mol. The van der Waals surface area contributed by atoms with Crippen molar-refractivity contribution < 1.29 is 14.3 Å². The van der Waals surface area contributed by atoms with Crippen LogP contribution in [0.2, 0.25) is 0 Å². The van der Waals surface area contributed by atoms with Gasteiger partial charge in [-0.25, -0.2) is 4.68 Å².